The van der Waals surface area contributed by atoms with Gasteiger partial charge in [0.2, 0.25) is 11.8 Å². The summed E-state index contributed by atoms with van der Waals surface area (Å²) in [5.41, 5.74) is 1.10. The first kappa shape index (κ1) is 20.5. The lowest BCUT2D eigenvalue weighted by atomic mass is 10.1. The monoisotopic (exact) mass is 353 g/mol. The summed E-state index contributed by atoms with van der Waals surface area (Å²) in [6.45, 7) is 6.96. The van der Waals surface area contributed by atoms with E-state index >= 15 is 0 Å². The van der Waals surface area contributed by atoms with E-state index in [1.807, 2.05) is 42.2 Å². The summed E-state index contributed by atoms with van der Waals surface area (Å²) in [5, 5.41) is 6.17. The number of hydrogen-bond donors (Lipinski definition) is 2. The van der Waals surface area contributed by atoms with Crippen LogP contribution >= 0.6 is 12.4 Å². The second-order valence-electron chi connectivity index (χ2n) is 6.07. The molecule has 2 unspecified atom stereocenters. The summed E-state index contributed by atoms with van der Waals surface area (Å²) in [6.07, 6.45) is 1.39. The Morgan fingerprint density at radius 3 is 2.62 bits per heavy atom. The molecule has 1 heterocycles. The molecule has 0 aromatic heterocycles. The van der Waals surface area contributed by atoms with Gasteiger partial charge in [0.05, 0.1) is 12.0 Å². The lowest BCUT2D eigenvalue weighted by Crippen LogP contribution is -2.37. The first-order valence-electron chi connectivity index (χ1n) is 8.46. The molecule has 2 rings (SSSR count). The maximum absolute atomic E-state index is 12.3. The SMILES string of the molecule is CCCNCCNC(=O)C1CC(=O)N(C(C)c2ccccc2)C1.Cl. The Morgan fingerprint density at radius 2 is 1.96 bits per heavy atom. The van der Waals surface area contributed by atoms with Crippen LogP contribution in [0.4, 0.5) is 0 Å². The summed E-state index contributed by atoms with van der Waals surface area (Å²) in [7, 11) is 0. The first-order valence-corrected chi connectivity index (χ1v) is 8.46. The predicted molar refractivity (Wildman–Crippen MR) is 98.1 cm³/mol. The zero-order valence-corrected chi connectivity index (χ0v) is 15.3. The van der Waals surface area contributed by atoms with Crippen molar-refractivity contribution in [3.8, 4) is 0 Å². The maximum Gasteiger partial charge on any atom is 0.225 e. The number of nitrogens with zero attached hydrogens (tertiary/aromatic N) is 1. The van der Waals surface area contributed by atoms with Gasteiger partial charge >= 0.3 is 0 Å². The molecule has 0 aliphatic carbocycles. The van der Waals surface area contributed by atoms with E-state index in [4.69, 9.17) is 0 Å². The zero-order chi connectivity index (χ0) is 16.7. The van der Waals surface area contributed by atoms with Crippen molar-refractivity contribution in [3.63, 3.8) is 0 Å². The first-order chi connectivity index (χ1) is 11.1. The van der Waals surface area contributed by atoms with Crippen molar-refractivity contribution in [2.75, 3.05) is 26.2 Å². The smallest absolute Gasteiger partial charge is 0.225 e. The molecule has 1 saturated heterocycles. The van der Waals surface area contributed by atoms with Crippen LogP contribution in [-0.2, 0) is 9.59 Å². The second-order valence-corrected chi connectivity index (χ2v) is 6.07. The number of rotatable bonds is 8. The number of carbonyl (C=O) groups excluding carboxylic acids is 2. The average molecular weight is 354 g/mol. The van der Waals surface area contributed by atoms with Crippen LogP contribution in [0.25, 0.3) is 0 Å². The molecule has 1 aromatic rings. The van der Waals surface area contributed by atoms with Crippen molar-refractivity contribution in [1.82, 2.24) is 15.5 Å². The molecule has 2 amide bonds. The fourth-order valence-electron chi connectivity index (χ4n) is 2.91. The van der Waals surface area contributed by atoms with Crippen LogP contribution in [0.5, 0.6) is 0 Å². The van der Waals surface area contributed by atoms with Crippen LogP contribution in [0.1, 0.15) is 38.3 Å². The summed E-state index contributed by atoms with van der Waals surface area (Å²) in [6, 6.07) is 9.95. The number of nitrogens with one attached hydrogen (secondary N) is 2. The van der Waals surface area contributed by atoms with Gasteiger partial charge in [-0.2, -0.15) is 0 Å². The fourth-order valence-corrected chi connectivity index (χ4v) is 2.91. The highest BCUT2D eigenvalue weighted by atomic mass is 35.5. The summed E-state index contributed by atoms with van der Waals surface area (Å²) in [4.78, 5) is 26.3. The highest BCUT2D eigenvalue weighted by molar-refractivity contribution is 5.89. The Morgan fingerprint density at radius 1 is 1.25 bits per heavy atom. The highest BCUT2D eigenvalue weighted by Crippen LogP contribution is 2.28. The standard InChI is InChI=1S/C18H27N3O2.ClH/c1-3-9-19-10-11-20-18(23)16-12-17(22)21(13-16)14(2)15-7-5-4-6-8-15;/h4-8,14,16,19H,3,9-13H2,1-2H3,(H,20,23);1H. The molecule has 24 heavy (non-hydrogen) atoms. The lowest BCUT2D eigenvalue weighted by Gasteiger charge is -2.25. The molecule has 2 atom stereocenters. The van der Waals surface area contributed by atoms with E-state index in [1.165, 1.54) is 0 Å². The van der Waals surface area contributed by atoms with E-state index in [1.54, 1.807) is 0 Å². The fraction of sp³-hybridized carbons (Fsp3) is 0.556. The van der Waals surface area contributed by atoms with Crippen molar-refractivity contribution in [1.29, 1.82) is 0 Å². The molecule has 1 aromatic carbocycles. The van der Waals surface area contributed by atoms with Crippen molar-refractivity contribution in [2.24, 2.45) is 5.92 Å². The molecule has 134 valence electrons. The molecule has 0 spiro atoms. The van der Waals surface area contributed by atoms with Crippen LogP contribution in [0.3, 0.4) is 0 Å². The normalized spacial score (nSPS) is 18.2. The maximum atomic E-state index is 12.3. The molecule has 2 N–H and O–H groups in total. The van der Waals surface area contributed by atoms with Gasteiger partial charge in [-0.1, -0.05) is 37.3 Å². The van der Waals surface area contributed by atoms with Crippen LogP contribution in [0.2, 0.25) is 0 Å². The van der Waals surface area contributed by atoms with E-state index in [2.05, 4.69) is 17.6 Å². The van der Waals surface area contributed by atoms with E-state index in [0.29, 0.717) is 19.5 Å². The van der Waals surface area contributed by atoms with Gasteiger partial charge in [0.1, 0.15) is 0 Å². The third-order valence-electron chi connectivity index (χ3n) is 4.31. The van der Waals surface area contributed by atoms with Gasteiger partial charge in [-0.25, -0.2) is 0 Å². The van der Waals surface area contributed by atoms with Gasteiger partial charge < -0.3 is 15.5 Å². The molecule has 1 aliphatic heterocycles. The Bertz CT molecular complexity index is 524. The number of amides is 2. The third kappa shape index (κ3) is 5.49. The summed E-state index contributed by atoms with van der Waals surface area (Å²) >= 11 is 0. The Labute approximate surface area is 150 Å². The lowest BCUT2D eigenvalue weighted by molar-refractivity contribution is -0.130. The number of halogens is 1. The number of likely N-dealkylation sites (tertiary alicyclic amines) is 1. The minimum absolute atomic E-state index is 0. The molecule has 0 radical (unpaired) electrons. The molecular formula is C18H28ClN3O2. The van der Waals surface area contributed by atoms with Crippen molar-refractivity contribution >= 4 is 24.2 Å². The molecule has 1 aliphatic rings. The number of hydrogen-bond acceptors (Lipinski definition) is 3. The molecule has 6 heteroatoms. The van der Waals surface area contributed by atoms with Gasteiger partial charge in [0, 0.05) is 26.1 Å². The van der Waals surface area contributed by atoms with Crippen molar-refractivity contribution in [3.05, 3.63) is 35.9 Å². The van der Waals surface area contributed by atoms with Gasteiger partial charge in [-0.3, -0.25) is 9.59 Å². The minimum atomic E-state index is -0.236. The predicted octanol–water partition coefficient (Wildman–Crippen LogP) is 2.13. The van der Waals surface area contributed by atoms with E-state index < -0.39 is 0 Å². The van der Waals surface area contributed by atoms with Crippen molar-refractivity contribution in [2.45, 2.75) is 32.7 Å². The quantitative estimate of drug-likeness (QED) is 0.704. The third-order valence-corrected chi connectivity index (χ3v) is 4.31. The second kappa shape index (κ2) is 10.3. The van der Waals surface area contributed by atoms with Gasteiger partial charge in [-0.15, -0.1) is 12.4 Å². The van der Waals surface area contributed by atoms with Crippen LogP contribution < -0.4 is 10.6 Å². The molecular weight excluding hydrogens is 326 g/mol. The number of carbonyl (C=O) groups is 2. The van der Waals surface area contributed by atoms with Crippen LogP contribution in [0.15, 0.2) is 30.3 Å². The zero-order valence-electron chi connectivity index (χ0n) is 14.5. The van der Waals surface area contributed by atoms with E-state index in [0.717, 1.165) is 25.1 Å². The van der Waals surface area contributed by atoms with E-state index in [-0.39, 0.29) is 36.2 Å². The van der Waals surface area contributed by atoms with Gasteiger partial charge in [-0.05, 0) is 25.5 Å². The molecule has 0 saturated carbocycles. The van der Waals surface area contributed by atoms with Crippen molar-refractivity contribution < 1.29 is 9.59 Å². The average Bonchev–Trinajstić information content (AvgIpc) is 2.96. The highest BCUT2D eigenvalue weighted by Gasteiger charge is 2.36. The Balaban J connectivity index is 0.00000288. The summed E-state index contributed by atoms with van der Waals surface area (Å²) < 4.78 is 0. The Hall–Kier alpha value is -1.59. The van der Waals surface area contributed by atoms with Crippen LogP contribution in [-0.4, -0.2) is 42.9 Å². The molecule has 0 bridgehead atoms. The Kier molecular flexibility index (Phi) is 8.79. The van der Waals surface area contributed by atoms with Gasteiger partial charge in [0.15, 0.2) is 0 Å². The van der Waals surface area contributed by atoms with E-state index in [9.17, 15) is 9.59 Å². The summed E-state index contributed by atoms with van der Waals surface area (Å²) in [5.74, 6) is -0.190. The topological polar surface area (TPSA) is 61.4 Å². The number of benzene rings is 1. The molecule has 5 nitrogen and oxygen atoms in total. The van der Waals surface area contributed by atoms with Gasteiger partial charge in [0.25, 0.3) is 0 Å². The van der Waals surface area contributed by atoms with Crippen LogP contribution in [0, 0.1) is 5.92 Å². The molecule has 1 fully saturated rings. The minimum Gasteiger partial charge on any atom is -0.355 e. The largest absolute Gasteiger partial charge is 0.355 e.